The lowest BCUT2D eigenvalue weighted by Gasteiger charge is -2.24. The van der Waals surface area contributed by atoms with Gasteiger partial charge in [0.2, 0.25) is 5.91 Å². The second kappa shape index (κ2) is 11.3. The van der Waals surface area contributed by atoms with Crippen LogP contribution >= 0.6 is 23.4 Å². The number of hydrogen-bond acceptors (Lipinski definition) is 5. The summed E-state index contributed by atoms with van der Waals surface area (Å²) in [6.45, 7) is 5.77. The van der Waals surface area contributed by atoms with Gasteiger partial charge >= 0.3 is 0 Å². The summed E-state index contributed by atoms with van der Waals surface area (Å²) in [5.41, 5.74) is 1.71. The van der Waals surface area contributed by atoms with Gasteiger partial charge in [0.1, 0.15) is 0 Å². The van der Waals surface area contributed by atoms with E-state index in [1.54, 1.807) is 12.0 Å². The molecule has 0 bridgehead atoms. The van der Waals surface area contributed by atoms with Gasteiger partial charge in [0.05, 0.1) is 10.3 Å². The number of methoxy groups -OCH3 is 1. The zero-order valence-electron chi connectivity index (χ0n) is 18.0. The largest absolute Gasteiger partial charge is 0.385 e. The number of carbonyl (C=O) groups excluding carboxylic acids is 1. The SMILES string of the molecule is CCN(C(=O)C(C)Sc1nnc(-c2ccccc2Cl)n1CCCOC)c1ccccc1. The van der Waals surface area contributed by atoms with Gasteiger partial charge in [0.25, 0.3) is 0 Å². The molecule has 0 aliphatic rings. The Balaban J connectivity index is 1.86. The molecule has 0 saturated carbocycles. The predicted octanol–water partition coefficient (Wildman–Crippen LogP) is 5.17. The van der Waals surface area contributed by atoms with E-state index in [4.69, 9.17) is 16.3 Å². The van der Waals surface area contributed by atoms with Crippen LogP contribution in [0.25, 0.3) is 11.4 Å². The average molecular weight is 459 g/mol. The molecule has 0 aliphatic heterocycles. The van der Waals surface area contributed by atoms with Crippen molar-refractivity contribution >= 4 is 35.0 Å². The van der Waals surface area contributed by atoms with Crippen LogP contribution in [-0.4, -0.2) is 46.2 Å². The Morgan fingerprint density at radius 3 is 2.55 bits per heavy atom. The Morgan fingerprint density at radius 2 is 1.87 bits per heavy atom. The number of carbonyl (C=O) groups is 1. The first kappa shape index (κ1) is 23.3. The van der Waals surface area contributed by atoms with Crippen LogP contribution in [-0.2, 0) is 16.1 Å². The third-order valence-corrected chi connectivity index (χ3v) is 6.24. The van der Waals surface area contributed by atoms with Crippen LogP contribution in [0.3, 0.4) is 0 Å². The molecule has 0 spiro atoms. The molecule has 6 nitrogen and oxygen atoms in total. The molecule has 0 N–H and O–H groups in total. The van der Waals surface area contributed by atoms with Crippen LogP contribution in [0.5, 0.6) is 0 Å². The van der Waals surface area contributed by atoms with E-state index < -0.39 is 0 Å². The van der Waals surface area contributed by atoms with Gasteiger partial charge < -0.3 is 14.2 Å². The molecular formula is C23H27ClN4O2S. The summed E-state index contributed by atoms with van der Waals surface area (Å²) in [5, 5.41) is 9.78. The molecule has 1 unspecified atom stereocenters. The van der Waals surface area contributed by atoms with Gasteiger partial charge in [-0.25, -0.2) is 0 Å². The van der Waals surface area contributed by atoms with Gasteiger partial charge in [-0.2, -0.15) is 0 Å². The predicted molar refractivity (Wildman–Crippen MR) is 127 cm³/mol. The topological polar surface area (TPSA) is 60.2 Å². The summed E-state index contributed by atoms with van der Waals surface area (Å²) >= 11 is 7.82. The summed E-state index contributed by atoms with van der Waals surface area (Å²) in [4.78, 5) is 15.0. The number of thioether (sulfide) groups is 1. The Morgan fingerprint density at radius 1 is 1.16 bits per heavy atom. The molecule has 2 aromatic carbocycles. The highest BCUT2D eigenvalue weighted by Gasteiger charge is 2.25. The number of amides is 1. The van der Waals surface area contributed by atoms with Gasteiger partial charge in [0, 0.05) is 38.1 Å². The smallest absolute Gasteiger partial charge is 0.240 e. The monoisotopic (exact) mass is 458 g/mol. The van der Waals surface area contributed by atoms with Crippen molar-refractivity contribution in [2.24, 2.45) is 0 Å². The molecule has 164 valence electrons. The van der Waals surface area contributed by atoms with E-state index >= 15 is 0 Å². The molecule has 31 heavy (non-hydrogen) atoms. The van der Waals surface area contributed by atoms with E-state index in [0.717, 1.165) is 17.7 Å². The van der Waals surface area contributed by atoms with Gasteiger partial charge in [-0.15, -0.1) is 10.2 Å². The standard InChI is InChI=1S/C23H27ClN4O2S/c1-4-27(18-11-6-5-7-12-18)22(29)17(2)31-23-26-25-21(28(23)15-10-16-30-3)19-13-8-9-14-20(19)24/h5-9,11-14,17H,4,10,15-16H2,1-3H3. The van der Waals surface area contributed by atoms with E-state index in [2.05, 4.69) is 10.2 Å². The maximum atomic E-state index is 13.2. The fraction of sp³-hybridized carbons (Fsp3) is 0.348. The lowest BCUT2D eigenvalue weighted by atomic mass is 10.2. The van der Waals surface area contributed by atoms with Gasteiger partial charge in [-0.1, -0.05) is 53.7 Å². The number of rotatable bonds is 10. The zero-order valence-corrected chi connectivity index (χ0v) is 19.6. The Labute approximate surface area is 192 Å². The third kappa shape index (κ3) is 5.67. The van der Waals surface area contributed by atoms with Crippen molar-refractivity contribution in [1.82, 2.24) is 14.8 Å². The van der Waals surface area contributed by atoms with Crippen molar-refractivity contribution in [3.05, 3.63) is 59.6 Å². The minimum Gasteiger partial charge on any atom is -0.385 e. The molecule has 0 radical (unpaired) electrons. The molecule has 0 aliphatic carbocycles. The van der Waals surface area contributed by atoms with Crippen molar-refractivity contribution < 1.29 is 9.53 Å². The van der Waals surface area contributed by atoms with E-state index in [0.29, 0.717) is 35.7 Å². The first-order valence-corrected chi connectivity index (χ1v) is 11.5. The van der Waals surface area contributed by atoms with Gasteiger partial charge in [0.15, 0.2) is 11.0 Å². The number of nitrogens with zero attached hydrogens (tertiary/aromatic N) is 4. The molecular weight excluding hydrogens is 432 g/mol. The first-order chi connectivity index (χ1) is 15.1. The average Bonchev–Trinajstić information content (AvgIpc) is 3.17. The summed E-state index contributed by atoms with van der Waals surface area (Å²) in [5.74, 6) is 0.726. The minimum atomic E-state index is -0.329. The van der Waals surface area contributed by atoms with E-state index in [9.17, 15) is 4.79 Å². The number of anilines is 1. The normalized spacial score (nSPS) is 12.0. The maximum Gasteiger partial charge on any atom is 0.240 e. The van der Waals surface area contributed by atoms with Crippen molar-refractivity contribution in [3.8, 4) is 11.4 Å². The summed E-state index contributed by atoms with van der Waals surface area (Å²) in [6, 6.07) is 17.3. The van der Waals surface area contributed by atoms with E-state index in [-0.39, 0.29) is 11.2 Å². The van der Waals surface area contributed by atoms with Gasteiger partial charge in [-0.05, 0) is 44.5 Å². The Kier molecular flexibility index (Phi) is 8.51. The number of para-hydroxylation sites is 1. The third-order valence-electron chi connectivity index (χ3n) is 4.84. The van der Waals surface area contributed by atoms with Gasteiger partial charge in [-0.3, -0.25) is 4.79 Å². The minimum absolute atomic E-state index is 0.0319. The highest BCUT2D eigenvalue weighted by Crippen LogP contribution is 2.31. The number of benzene rings is 2. The lowest BCUT2D eigenvalue weighted by molar-refractivity contribution is -0.117. The first-order valence-electron chi connectivity index (χ1n) is 10.3. The highest BCUT2D eigenvalue weighted by molar-refractivity contribution is 8.00. The zero-order chi connectivity index (χ0) is 22.2. The molecule has 1 atom stereocenters. The lowest BCUT2D eigenvalue weighted by Crippen LogP contribution is -2.36. The fourth-order valence-electron chi connectivity index (χ4n) is 3.29. The number of halogens is 1. The summed E-state index contributed by atoms with van der Waals surface area (Å²) in [7, 11) is 1.68. The molecule has 1 heterocycles. The Hall–Kier alpha value is -2.35. The van der Waals surface area contributed by atoms with E-state index in [1.165, 1.54) is 11.8 Å². The highest BCUT2D eigenvalue weighted by atomic mass is 35.5. The quantitative estimate of drug-likeness (QED) is 0.310. The molecule has 0 fully saturated rings. The number of ether oxygens (including phenoxy) is 1. The van der Waals surface area contributed by atoms with Crippen LogP contribution < -0.4 is 4.90 Å². The molecule has 3 rings (SSSR count). The molecule has 0 saturated heterocycles. The molecule has 8 heteroatoms. The van der Waals surface area contributed by atoms with Crippen molar-refractivity contribution in [2.75, 3.05) is 25.2 Å². The maximum absolute atomic E-state index is 13.2. The van der Waals surface area contributed by atoms with Crippen LogP contribution in [0.15, 0.2) is 59.8 Å². The number of aromatic nitrogens is 3. The van der Waals surface area contributed by atoms with Crippen LogP contribution in [0.1, 0.15) is 20.3 Å². The summed E-state index contributed by atoms with van der Waals surface area (Å²) in [6.07, 6.45) is 0.799. The van der Waals surface area contributed by atoms with E-state index in [1.807, 2.05) is 73.0 Å². The van der Waals surface area contributed by atoms with Crippen molar-refractivity contribution in [2.45, 2.75) is 37.2 Å². The molecule has 1 amide bonds. The van der Waals surface area contributed by atoms with Crippen molar-refractivity contribution in [1.29, 1.82) is 0 Å². The second-order valence-corrected chi connectivity index (χ2v) is 8.68. The second-order valence-electron chi connectivity index (χ2n) is 6.96. The van der Waals surface area contributed by atoms with Crippen molar-refractivity contribution in [3.63, 3.8) is 0 Å². The Bertz CT molecular complexity index is 996. The van der Waals surface area contributed by atoms with Crippen LogP contribution in [0.2, 0.25) is 5.02 Å². The van der Waals surface area contributed by atoms with Crippen LogP contribution in [0.4, 0.5) is 5.69 Å². The fourth-order valence-corrected chi connectivity index (χ4v) is 4.45. The molecule has 1 aromatic heterocycles. The molecule has 3 aromatic rings. The summed E-state index contributed by atoms with van der Waals surface area (Å²) < 4.78 is 7.24. The van der Waals surface area contributed by atoms with Crippen LogP contribution in [0, 0.1) is 0 Å². The number of hydrogen-bond donors (Lipinski definition) is 0.